The van der Waals surface area contributed by atoms with E-state index < -0.39 is 34.9 Å². The quantitative estimate of drug-likeness (QED) is 0.0906. The molecule has 2 aliphatic carbocycles. The third kappa shape index (κ3) is 6.55. The van der Waals surface area contributed by atoms with Gasteiger partial charge in [-0.05, 0) is 133 Å². The largest absolute Gasteiger partial charge is 0.491 e. The molecule has 0 radical (unpaired) electrons. The molecule has 0 fully saturated rings. The number of aromatic nitrogens is 3. The van der Waals surface area contributed by atoms with Gasteiger partial charge in [-0.1, -0.05) is 71.3 Å². The van der Waals surface area contributed by atoms with Crippen molar-refractivity contribution in [1.82, 2.24) is 14.5 Å². The van der Waals surface area contributed by atoms with Gasteiger partial charge in [-0.3, -0.25) is 24.0 Å². The van der Waals surface area contributed by atoms with Crippen molar-refractivity contribution in [1.29, 1.82) is 0 Å². The molecule has 3 heterocycles. The second-order valence-corrected chi connectivity index (χ2v) is 16.8. The Balaban J connectivity index is 1.03. The molecule has 1 aliphatic heterocycles. The molecule has 0 saturated heterocycles. The minimum Gasteiger partial charge on any atom is -0.491 e. The highest BCUT2D eigenvalue weighted by Gasteiger charge is 2.43. The molecule has 2 aromatic heterocycles. The molecule has 1 atom stereocenters. The van der Waals surface area contributed by atoms with Crippen LogP contribution in [0.4, 0.5) is 5.69 Å². The number of hydrogen-bond acceptors (Lipinski definition) is 7. The van der Waals surface area contributed by atoms with Gasteiger partial charge < -0.3 is 14.3 Å². The number of ether oxygens (including phenoxy) is 1. The topological polar surface area (TPSA) is 131 Å². The zero-order valence-electron chi connectivity index (χ0n) is 36.1. The number of imide groups is 1. The van der Waals surface area contributed by atoms with Gasteiger partial charge in [-0.15, -0.1) is 0 Å². The molecule has 2 amide bonds. The van der Waals surface area contributed by atoms with E-state index in [-0.39, 0.29) is 28.1 Å². The molecule has 0 spiro atoms. The molecule has 10 nitrogen and oxygen atoms in total. The van der Waals surface area contributed by atoms with Crippen LogP contribution in [0.1, 0.15) is 141 Å². The molecule has 314 valence electrons. The summed E-state index contributed by atoms with van der Waals surface area (Å²) in [6.45, 7) is 13.2. The summed E-state index contributed by atoms with van der Waals surface area (Å²) < 4.78 is 8.64. The monoisotopic (exact) mass is 826 g/mol. The van der Waals surface area contributed by atoms with Gasteiger partial charge >= 0.3 is 0 Å². The molecular weight excluding hydrogens is 777 g/mol. The van der Waals surface area contributed by atoms with Gasteiger partial charge in [-0.2, -0.15) is 0 Å². The van der Waals surface area contributed by atoms with E-state index >= 15 is 0 Å². The van der Waals surface area contributed by atoms with Gasteiger partial charge in [0.1, 0.15) is 17.5 Å². The molecule has 4 aromatic carbocycles. The highest BCUT2D eigenvalue weighted by molar-refractivity contribution is 6.36. The summed E-state index contributed by atoms with van der Waals surface area (Å²) >= 11 is 0. The minimum atomic E-state index is -1.34. The van der Waals surface area contributed by atoms with E-state index in [1.165, 1.54) is 16.0 Å². The third-order valence-electron chi connectivity index (χ3n) is 13.2. The van der Waals surface area contributed by atoms with Gasteiger partial charge in [0.25, 0.3) is 17.4 Å². The van der Waals surface area contributed by atoms with Crippen LogP contribution in [0.25, 0.3) is 32.9 Å². The first-order valence-electron chi connectivity index (χ1n) is 21.9. The second kappa shape index (κ2) is 16.0. The van der Waals surface area contributed by atoms with Crippen LogP contribution in [0.15, 0.2) is 83.7 Å². The molecule has 0 bridgehead atoms. The van der Waals surface area contributed by atoms with Crippen LogP contribution in [0.2, 0.25) is 0 Å². The van der Waals surface area contributed by atoms with Crippen molar-refractivity contribution in [3.63, 3.8) is 0 Å². The highest BCUT2D eigenvalue weighted by Crippen LogP contribution is 2.41. The molecule has 6 aromatic rings. The Morgan fingerprint density at radius 1 is 0.790 bits per heavy atom. The van der Waals surface area contributed by atoms with Crippen LogP contribution in [0.5, 0.6) is 5.75 Å². The lowest BCUT2D eigenvalue weighted by Crippen LogP contribution is -2.30. The summed E-state index contributed by atoms with van der Waals surface area (Å²) in [5, 5.41) is 1.41. The first-order chi connectivity index (χ1) is 30.0. The second-order valence-electron chi connectivity index (χ2n) is 16.8. The SMILES string of the molecule is CCCCC(CC)COc1cc(C2=CCC=C2)ccc1N1C(=O)c2cc3cc4c(cc3cc2C1=O)C(=O)C(c1nc2ccc(-n3c(C)c(CC)c(CC)c3C)cc2c(=O)[nH]1)C4=O. The van der Waals surface area contributed by atoms with E-state index in [9.17, 15) is 24.0 Å². The van der Waals surface area contributed by atoms with Crippen molar-refractivity contribution in [3.8, 4) is 11.4 Å². The van der Waals surface area contributed by atoms with Crippen molar-refractivity contribution in [2.45, 2.75) is 92.4 Å². The van der Waals surface area contributed by atoms with Gasteiger partial charge in [0.05, 0.1) is 34.3 Å². The number of benzene rings is 4. The molecule has 1 unspecified atom stereocenters. The first kappa shape index (κ1) is 40.7. The van der Waals surface area contributed by atoms with Gasteiger partial charge in [-0.25, -0.2) is 9.88 Å². The number of rotatable bonds is 13. The van der Waals surface area contributed by atoms with Crippen LogP contribution in [-0.4, -0.2) is 44.5 Å². The number of fused-ring (bicyclic) bond motifs is 4. The van der Waals surface area contributed by atoms with Crippen LogP contribution >= 0.6 is 0 Å². The number of unbranched alkanes of at least 4 members (excludes halogenated alkanes) is 1. The number of Topliss-reactive ketones (excluding diaryl/α,β-unsaturated/α-hetero) is 2. The molecule has 62 heavy (non-hydrogen) atoms. The van der Waals surface area contributed by atoms with Crippen LogP contribution in [0.3, 0.4) is 0 Å². The van der Waals surface area contributed by atoms with Crippen molar-refractivity contribution in [2.24, 2.45) is 5.92 Å². The van der Waals surface area contributed by atoms with E-state index in [0.717, 1.165) is 73.2 Å². The average molecular weight is 827 g/mol. The number of hydrogen-bond donors (Lipinski definition) is 1. The number of allylic oxidation sites excluding steroid dienone is 4. The Labute approximate surface area is 360 Å². The fourth-order valence-electron chi connectivity index (χ4n) is 9.82. The van der Waals surface area contributed by atoms with Crippen molar-refractivity contribution in [3.05, 3.63) is 145 Å². The maximum Gasteiger partial charge on any atom is 0.266 e. The number of nitrogens with one attached hydrogen (secondary N) is 1. The molecule has 3 aliphatic rings. The molecule has 10 heteroatoms. The fraction of sp³-hybridized carbons (Fsp3) is 0.308. The van der Waals surface area contributed by atoms with E-state index in [2.05, 4.69) is 74.3 Å². The smallest absolute Gasteiger partial charge is 0.266 e. The summed E-state index contributed by atoms with van der Waals surface area (Å²) in [5.41, 5.74) is 8.73. The number of ketones is 2. The van der Waals surface area contributed by atoms with Gasteiger partial charge in [0, 0.05) is 28.2 Å². The first-order valence-corrected chi connectivity index (χ1v) is 21.9. The van der Waals surface area contributed by atoms with Crippen LogP contribution in [0, 0.1) is 19.8 Å². The molecule has 9 rings (SSSR count). The summed E-state index contributed by atoms with van der Waals surface area (Å²) in [5.74, 6) is -2.56. The number of carbonyl (C=O) groups is 4. The lowest BCUT2D eigenvalue weighted by molar-refractivity contribution is 0.0880. The molecule has 1 N–H and O–H groups in total. The summed E-state index contributed by atoms with van der Waals surface area (Å²) in [6.07, 6.45) is 13.1. The maximum atomic E-state index is 14.2. The number of nitrogens with zero attached hydrogens (tertiary/aromatic N) is 3. The molecular formula is C52H50N4O6. The number of H-pyrrole nitrogens is 1. The van der Waals surface area contributed by atoms with Gasteiger partial charge in [0.15, 0.2) is 11.6 Å². The predicted molar refractivity (Wildman–Crippen MR) is 243 cm³/mol. The number of anilines is 1. The zero-order valence-corrected chi connectivity index (χ0v) is 36.1. The van der Waals surface area contributed by atoms with Crippen molar-refractivity contribution >= 4 is 56.3 Å². The lowest BCUT2D eigenvalue weighted by Gasteiger charge is -2.22. The summed E-state index contributed by atoms with van der Waals surface area (Å²) in [7, 11) is 0. The number of amides is 2. The standard InChI is InChI=1S/C52H50N4O6/c1-7-11-14-30(8-2)27-62-45-25-32(31-15-12-13-16-31)17-20-44(45)56-51(60)40-23-33-21-38-39(22-34(33)24-41(40)52(56)61)48(58)46(47(38)57)49-53-43-19-18-35(26-42(43)50(59)54-49)55-28(5)36(9-3)37(10-4)29(55)6/h12,15-26,30,46H,7-11,13-14,27H2,1-6H3,(H,53,54,59). The number of aromatic amines is 1. The predicted octanol–water partition coefficient (Wildman–Crippen LogP) is 10.5. The lowest BCUT2D eigenvalue weighted by atomic mass is 9.98. The van der Waals surface area contributed by atoms with E-state index in [1.807, 2.05) is 18.2 Å². The van der Waals surface area contributed by atoms with Crippen molar-refractivity contribution in [2.75, 3.05) is 11.5 Å². The Morgan fingerprint density at radius 3 is 2.02 bits per heavy atom. The zero-order chi connectivity index (χ0) is 43.6. The summed E-state index contributed by atoms with van der Waals surface area (Å²) in [4.78, 5) is 79.0. The molecule has 0 saturated carbocycles. The highest BCUT2D eigenvalue weighted by atomic mass is 16.5. The van der Waals surface area contributed by atoms with E-state index in [4.69, 9.17) is 4.74 Å². The van der Waals surface area contributed by atoms with Crippen LogP contribution in [-0.2, 0) is 12.8 Å². The Kier molecular flexibility index (Phi) is 10.5. The van der Waals surface area contributed by atoms with Gasteiger partial charge in [0.2, 0.25) is 0 Å². The van der Waals surface area contributed by atoms with Crippen molar-refractivity contribution < 1.29 is 23.9 Å². The average Bonchev–Trinajstić information content (AvgIpc) is 4.02. The van der Waals surface area contributed by atoms with E-state index in [0.29, 0.717) is 45.6 Å². The Bertz CT molecular complexity index is 2930. The van der Waals surface area contributed by atoms with Crippen LogP contribution < -0.4 is 15.2 Å². The summed E-state index contributed by atoms with van der Waals surface area (Å²) in [6, 6.07) is 17.5. The third-order valence-corrected chi connectivity index (χ3v) is 13.2. The van der Waals surface area contributed by atoms with E-state index in [1.54, 1.807) is 42.5 Å². The maximum absolute atomic E-state index is 14.2. The minimum absolute atomic E-state index is 0.0243. The Hall–Kier alpha value is -6.68. The number of carbonyl (C=O) groups excluding carboxylic acids is 4. The normalized spacial score (nSPS) is 15.4. The fourth-order valence-corrected chi connectivity index (χ4v) is 9.82. The Morgan fingerprint density at radius 2 is 1.44 bits per heavy atom.